The maximum Gasteiger partial charge on any atom is 0.248 e. The van der Waals surface area contributed by atoms with E-state index in [1.165, 1.54) is 12.1 Å². The first-order valence-corrected chi connectivity index (χ1v) is 9.57. The molecule has 4 nitrogen and oxygen atoms in total. The Balaban J connectivity index is 2.11. The molecule has 0 aliphatic rings. The molecule has 0 fully saturated rings. The van der Waals surface area contributed by atoms with E-state index in [1.54, 1.807) is 37.3 Å². The van der Waals surface area contributed by atoms with Crippen LogP contribution >= 0.6 is 23.2 Å². The number of aromatic hydroxyl groups is 1. The molecule has 2 N–H and O–H groups in total. The number of benzene rings is 2. The van der Waals surface area contributed by atoms with Gasteiger partial charge in [0.05, 0.1) is 22.3 Å². The molecule has 0 saturated carbocycles. The molecule has 2 rings (SSSR count). The molecule has 0 atom stereocenters. The van der Waals surface area contributed by atoms with E-state index in [2.05, 4.69) is 12.2 Å². The highest BCUT2D eigenvalue weighted by atomic mass is 35.5. The standard InChI is InChI=1S/C21H23Cl2NO3/c1-3-4-7-10-27-21-16(22)12-15(13-17(21)23)14(2)11-20(26)24-18-8-5-6-9-19(18)25/h5-6,8-9,11-13,25H,3-4,7,10H2,1-2H3,(H,24,26). The molecule has 2 aromatic carbocycles. The SMILES string of the molecule is CCCCCOc1c(Cl)cc(C(C)=CC(=O)Nc2ccccc2O)cc1Cl. The van der Waals surface area contributed by atoms with Crippen molar-refractivity contribution in [1.29, 1.82) is 0 Å². The molecule has 0 aliphatic carbocycles. The van der Waals surface area contributed by atoms with Crippen molar-refractivity contribution < 1.29 is 14.6 Å². The van der Waals surface area contributed by atoms with Gasteiger partial charge in [-0.1, -0.05) is 55.1 Å². The quantitative estimate of drug-likeness (QED) is 0.306. The minimum Gasteiger partial charge on any atom is -0.506 e. The second-order valence-electron chi connectivity index (χ2n) is 6.16. The third-order valence-corrected chi connectivity index (χ3v) is 4.52. The lowest BCUT2D eigenvalue weighted by Gasteiger charge is -2.12. The zero-order valence-electron chi connectivity index (χ0n) is 15.4. The van der Waals surface area contributed by atoms with Gasteiger partial charge in [-0.2, -0.15) is 0 Å². The first kappa shape index (κ1) is 21.1. The molecule has 0 bridgehead atoms. The number of phenolic OH excluding ortho intramolecular Hbond substituents is 1. The van der Waals surface area contributed by atoms with Crippen LogP contribution in [-0.4, -0.2) is 17.6 Å². The van der Waals surface area contributed by atoms with Crippen LogP contribution in [0, 0.1) is 0 Å². The van der Waals surface area contributed by atoms with Gasteiger partial charge in [0.1, 0.15) is 5.75 Å². The van der Waals surface area contributed by atoms with Crippen molar-refractivity contribution in [3.05, 3.63) is 58.1 Å². The van der Waals surface area contributed by atoms with Crippen molar-refractivity contribution in [3.63, 3.8) is 0 Å². The molecule has 0 heterocycles. The average molecular weight is 408 g/mol. The molecule has 0 spiro atoms. The van der Waals surface area contributed by atoms with Gasteiger partial charge in [0.15, 0.2) is 5.75 Å². The van der Waals surface area contributed by atoms with Crippen LogP contribution in [0.2, 0.25) is 10.0 Å². The van der Waals surface area contributed by atoms with E-state index >= 15 is 0 Å². The highest BCUT2D eigenvalue weighted by Gasteiger charge is 2.12. The number of hydrogen-bond donors (Lipinski definition) is 2. The van der Waals surface area contributed by atoms with Crippen LogP contribution in [-0.2, 0) is 4.79 Å². The number of phenols is 1. The van der Waals surface area contributed by atoms with Crippen molar-refractivity contribution in [2.45, 2.75) is 33.1 Å². The number of hydrogen-bond acceptors (Lipinski definition) is 3. The summed E-state index contributed by atoms with van der Waals surface area (Å²) in [5.74, 6) is 0.110. The van der Waals surface area contributed by atoms with Crippen LogP contribution in [0.1, 0.15) is 38.7 Å². The smallest absolute Gasteiger partial charge is 0.248 e. The predicted octanol–water partition coefficient (Wildman–Crippen LogP) is 6.31. The van der Waals surface area contributed by atoms with Gasteiger partial charge in [-0.3, -0.25) is 4.79 Å². The van der Waals surface area contributed by atoms with E-state index in [9.17, 15) is 9.90 Å². The van der Waals surface area contributed by atoms with Gasteiger partial charge in [0.2, 0.25) is 5.91 Å². The van der Waals surface area contributed by atoms with Gasteiger partial charge in [-0.05, 0) is 48.7 Å². The first-order chi connectivity index (χ1) is 12.9. The fraction of sp³-hybridized carbons (Fsp3) is 0.286. The number of ether oxygens (including phenoxy) is 1. The Hall–Kier alpha value is -2.17. The number of halogens is 2. The van der Waals surface area contributed by atoms with Crippen molar-refractivity contribution in [2.24, 2.45) is 0 Å². The Bertz CT molecular complexity index is 811. The van der Waals surface area contributed by atoms with Crippen LogP contribution in [0.15, 0.2) is 42.5 Å². The number of rotatable bonds is 8. The molecule has 0 unspecified atom stereocenters. The molecular weight excluding hydrogens is 385 g/mol. The lowest BCUT2D eigenvalue weighted by atomic mass is 10.1. The maximum absolute atomic E-state index is 12.2. The number of anilines is 1. The van der Waals surface area contributed by atoms with Crippen molar-refractivity contribution >= 4 is 40.4 Å². The summed E-state index contributed by atoms with van der Waals surface area (Å²) in [6.45, 7) is 4.47. The summed E-state index contributed by atoms with van der Waals surface area (Å²) in [6.07, 6.45) is 4.56. The maximum atomic E-state index is 12.2. The molecule has 27 heavy (non-hydrogen) atoms. The normalized spacial score (nSPS) is 11.3. The van der Waals surface area contributed by atoms with Crippen LogP contribution in [0.5, 0.6) is 11.5 Å². The largest absolute Gasteiger partial charge is 0.506 e. The summed E-state index contributed by atoms with van der Waals surface area (Å²) in [5.41, 5.74) is 1.75. The third kappa shape index (κ3) is 6.19. The van der Waals surface area contributed by atoms with Crippen LogP contribution in [0.4, 0.5) is 5.69 Å². The van der Waals surface area contributed by atoms with Crippen molar-refractivity contribution in [1.82, 2.24) is 0 Å². The van der Waals surface area contributed by atoms with E-state index in [0.717, 1.165) is 24.8 Å². The van der Waals surface area contributed by atoms with Gasteiger partial charge in [-0.15, -0.1) is 0 Å². The number of amides is 1. The Labute approximate surface area is 169 Å². The fourth-order valence-corrected chi connectivity index (χ4v) is 3.08. The second kappa shape index (κ2) is 10.2. The summed E-state index contributed by atoms with van der Waals surface area (Å²) >= 11 is 12.6. The number of carbonyl (C=O) groups excluding carboxylic acids is 1. The van der Waals surface area contributed by atoms with Crippen LogP contribution < -0.4 is 10.1 Å². The summed E-state index contributed by atoms with van der Waals surface area (Å²) in [6, 6.07) is 9.98. The summed E-state index contributed by atoms with van der Waals surface area (Å²) in [5, 5.41) is 13.2. The number of nitrogens with one attached hydrogen (secondary N) is 1. The van der Waals surface area contributed by atoms with Crippen molar-refractivity contribution in [2.75, 3.05) is 11.9 Å². The fourth-order valence-electron chi connectivity index (χ4n) is 2.48. The summed E-state index contributed by atoms with van der Waals surface area (Å²) in [7, 11) is 0. The molecule has 1 amide bonds. The van der Waals surface area contributed by atoms with Gasteiger partial charge in [0, 0.05) is 6.08 Å². The molecule has 144 valence electrons. The van der Waals surface area contributed by atoms with E-state index in [1.807, 2.05) is 0 Å². The zero-order chi connectivity index (χ0) is 19.8. The molecule has 2 aromatic rings. The highest BCUT2D eigenvalue weighted by molar-refractivity contribution is 6.37. The predicted molar refractivity (Wildman–Crippen MR) is 112 cm³/mol. The zero-order valence-corrected chi connectivity index (χ0v) is 16.9. The van der Waals surface area contributed by atoms with Crippen LogP contribution in [0.3, 0.4) is 0 Å². The minimum absolute atomic E-state index is 0.00701. The molecule has 0 saturated heterocycles. The van der Waals surface area contributed by atoms with Crippen LogP contribution in [0.25, 0.3) is 5.57 Å². The number of allylic oxidation sites excluding steroid dienone is 1. The summed E-state index contributed by atoms with van der Waals surface area (Å²) < 4.78 is 5.69. The van der Waals surface area contributed by atoms with Gasteiger partial charge in [-0.25, -0.2) is 0 Å². The first-order valence-electron chi connectivity index (χ1n) is 8.82. The monoisotopic (exact) mass is 407 g/mol. The topological polar surface area (TPSA) is 58.6 Å². The molecule has 0 aromatic heterocycles. The molecule has 6 heteroatoms. The van der Waals surface area contributed by atoms with Gasteiger partial charge >= 0.3 is 0 Å². The Morgan fingerprint density at radius 3 is 2.48 bits per heavy atom. The third-order valence-electron chi connectivity index (χ3n) is 3.96. The molecule has 0 radical (unpaired) electrons. The Morgan fingerprint density at radius 1 is 1.19 bits per heavy atom. The van der Waals surface area contributed by atoms with E-state index in [-0.39, 0.29) is 11.7 Å². The number of unbranched alkanes of at least 4 members (excludes halogenated alkanes) is 2. The van der Waals surface area contributed by atoms with E-state index < -0.39 is 0 Å². The Kier molecular flexibility index (Phi) is 8.01. The van der Waals surface area contributed by atoms with Gasteiger partial charge in [0.25, 0.3) is 0 Å². The van der Waals surface area contributed by atoms with E-state index in [0.29, 0.717) is 33.7 Å². The summed E-state index contributed by atoms with van der Waals surface area (Å²) in [4.78, 5) is 12.2. The highest BCUT2D eigenvalue weighted by Crippen LogP contribution is 2.36. The number of carbonyl (C=O) groups is 1. The lowest BCUT2D eigenvalue weighted by Crippen LogP contribution is -2.08. The Morgan fingerprint density at radius 2 is 1.85 bits per heavy atom. The van der Waals surface area contributed by atoms with Crippen molar-refractivity contribution in [3.8, 4) is 11.5 Å². The molecule has 0 aliphatic heterocycles. The number of para-hydroxylation sites is 2. The lowest BCUT2D eigenvalue weighted by molar-refractivity contribution is -0.111. The average Bonchev–Trinajstić information content (AvgIpc) is 2.62. The molecular formula is C21H23Cl2NO3. The minimum atomic E-state index is -0.360. The van der Waals surface area contributed by atoms with Gasteiger partial charge < -0.3 is 15.2 Å². The van der Waals surface area contributed by atoms with E-state index in [4.69, 9.17) is 27.9 Å². The second-order valence-corrected chi connectivity index (χ2v) is 6.97.